The maximum atomic E-state index is 12.9. The van der Waals surface area contributed by atoms with Crippen molar-refractivity contribution in [3.8, 4) is 5.75 Å². The van der Waals surface area contributed by atoms with Crippen LogP contribution >= 0.6 is 0 Å². The highest BCUT2D eigenvalue weighted by Crippen LogP contribution is 2.34. The molecule has 1 amide bonds. The van der Waals surface area contributed by atoms with Gasteiger partial charge in [-0.3, -0.25) is 4.79 Å². The lowest BCUT2D eigenvalue weighted by atomic mass is 10.1. The molecule has 0 N–H and O–H groups in total. The van der Waals surface area contributed by atoms with E-state index in [1.165, 1.54) is 0 Å². The molecule has 1 aromatic heterocycles. The largest absolute Gasteiger partial charge is 0.496 e. The third-order valence-corrected chi connectivity index (χ3v) is 4.27. The summed E-state index contributed by atoms with van der Waals surface area (Å²) in [5, 5.41) is 4.19. The van der Waals surface area contributed by atoms with Gasteiger partial charge in [-0.25, -0.2) is 0 Å². The van der Waals surface area contributed by atoms with Gasteiger partial charge in [0, 0.05) is 19.0 Å². The van der Waals surface area contributed by atoms with E-state index in [2.05, 4.69) is 12.1 Å². The number of methoxy groups -OCH3 is 1. The van der Waals surface area contributed by atoms with Gasteiger partial charge in [0.1, 0.15) is 17.2 Å². The number of carbonyl (C=O) groups is 1. The number of rotatable bonds is 5. The van der Waals surface area contributed by atoms with E-state index in [4.69, 9.17) is 9.26 Å². The normalized spacial score (nSPS) is 17.5. The molecule has 0 aliphatic carbocycles. The summed E-state index contributed by atoms with van der Waals surface area (Å²) in [6, 6.07) is 9.32. The van der Waals surface area contributed by atoms with Crippen LogP contribution in [-0.4, -0.2) is 29.6 Å². The molecule has 0 bridgehead atoms. The SMILES string of the molecule is CCCc1cc(C2CCCN2C(=O)c2ccccc2OC)no1. The second kappa shape index (κ2) is 6.86. The summed E-state index contributed by atoms with van der Waals surface area (Å²) in [5.41, 5.74) is 1.45. The fraction of sp³-hybridized carbons (Fsp3) is 0.444. The Kier molecular flexibility index (Phi) is 4.65. The van der Waals surface area contributed by atoms with Crippen LogP contribution in [0.3, 0.4) is 0 Å². The standard InChI is InChI=1S/C18H22N2O3/c1-3-7-13-12-15(19-23-13)16-9-6-11-20(16)18(21)14-8-4-5-10-17(14)22-2/h4-5,8,10,12,16H,3,6-7,9,11H2,1-2H3. The summed E-state index contributed by atoms with van der Waals surface area (Å²) < 4.78 is 10.7. The molecule has 1 aliphatic rings. The third kappa shape index (κ3) is 3.09. The van der Waals surface area contributed by atoms with Crippen molar-refractivity contribution in [1.29, 1.82) is 0 Å². The third-order valence-electron chi connectivity index (χ3n) is 4.27. The Labute approximate surface area is 136 Å². The Bertz CT molecular complexity index is 680. The summed E-state index contributed by atoms with van der Waals surface area (Å²) in [5.74, 6) is 1.49. The van der Waals surface area contributed by atoms with Crippen molar-refractivity contribution in [2.45, 2.75) is 38.6 Å². The van der Waals surface area contributed by atoms with Crippen molar-refractivity contribution >= 4 is 5.91 Å². The number of carbonyl (C=O) groups excluding carboxylic acids is 1. The average molecular weight is 314 g/mol. The fourth-order valence-corrected chi connectivity index (χ4v) is 3.14. The van der Waals surface area contributed by atoms with E-state index in [0.717, 1.165) is 43.7 Å². The molecule has 1 unspecified atom stereocenters. The van der Waals surface area contributed by atoms with Crippen LogP contribution in [0.5, 0.6) is 5.75 Å². The average Bonchev–Trinajstić information content (AvgIpc) is 3.23. The van der Waals surface area contributed by atoms with E-state index in [0.29, 0.717) is 11.3 Å². The predicted octanol–water partition coefficient (Wildman–Crippen LogP) is 3.61. The van der Waals surface area contributed by atoms with Gasteiger partial charge < -0.3 is 14.2 Å². The van der Waals surface area contributed by atoms with Gasteiger partial charge in [0.25, 0.3) is 5.91 Å². The van der Waals surface area contributed by atoms with E-state index in [1.807, 2.05) is 35.2 Å². The molecular formula is C18H22N2O3. The molecule has 5 nitrogen and oxygen atoms in total. The molecule has 1 aromatic carbocycles. The number of aromatic nitrogens is 1. The Balaban J connectivity index is 1.84. The van der Waals surface area contributed by atoms with Gasteiger partial charge >= 0.3 is 0 Å². The van der Waals surface area contributed by atoms with Gasteiger partial charge in [-0.2, -0.15) is 0 Å². The first-order valence-corrected chi connectivity index (χ1v) is 8.14. The van der Waals surface area contributed by atoms with Crippen molar-refractivity contribution in [2.75, 3.05) is 13.7 Å². The minimum atomic E-state index is -0.0123. The lowest BCUT2D eigenvalue weighted by Crippen LogP contribution is -2.31. The van der Waals surface area contributed by atoms with E-state index in [9.17, 15) is 4.79 Å². The minimum absolute atomic E-state index is 0.00927. The lowest BCUT2D eigenvalue weighted by molar-refractivity contribution is 0.0727. The van der Waals surface area contributed by atoms with Crippen LogP contribution in [0.1, 0.15) is 54.0 Å². The minimum Gasteiger partial charge on any atom is -0.496 e. The highest BCUT2D eigenvalue weighted by molar-refractivity contribution is 5.97. The van der Waals surface area contributed by atoms with Crippen LogP contribution in [0, 0.1) is 0 Å². The number of ether oxygens (including phenoxy) is 1. The smallest absolute Gasteiger partial charge is 0.258 e. The molecule has 2 heterocycles. The number of nitrogens with zero attached hydrogens (tertiary/aromatic N) is 2. The van der Waals surface area contributed by atoms with Gasteiger partial charge in [0.15, 0.2) is 0 Å². The molecule has 3 rings (SSSR count). The lowest BCUT2D eigenvalue weighted by Gasteiger charge is -2.23. The van der Waals surface area contributed by atoms with Gasteiger partial charge in [-0.15, -0.1) is 0 Å². The second-order valence-corrected chi connectivity index (χ2v) is 5.82. The van der Waals surface area contributed by atoms with Gasteiger partial charge in [0.05, 0.1) is 18.7 Å². The molecule has 122 valence electrons. The number of para-hydroxylation sites is 1. The van der Waals surface area contributed by atoms with E-state index in [-0.39, 0.29) is 11.9 Å². The van der Waals surface area contributed by atoms with Crippen molar-refractivity contribution in [1.82, 2.24) is 10.1 Å². The van der Waals surface area contributed by atoms with Crippen LogP contribution in [0.2, 0.25) is 0 Å². The Morgan fingerprint density at radius 3 is 3.04 bits per heavy atom. The van der Waals surface area contributed by atoms with Crippen LogP contribution in [0.25, 0.3) is 0 Å². The van der Waals surface area contributed by atoms with Crippen LogP contribution < -0.4 is 4.74 Å². The van der Waals surface area contributed by atoms with Crippen LogP contribution in [0.4, 0.5) is 0 Å². The quantitative estimate of drug-likeness (QED) is 0.846. The number of hydrogen-bond acceptors (Lipinski definition) is 4. The molecule has 0 spiro atoms. The molecule has 5 heteroatoms. The molecule has 0 radical (unpaired) electrons. The van der Waals surface area contributed by atoms with Crippen LogP contribution in [-0.2, 0) is 6.42 Å². The zero-order valence-electron chi connectivity index (χ0n) is 13.6. The topological polar surface area (TPSA) is 55.6 Å². The van der Waals surface area contributed by atoms with Crippen molar-refractivity contribution in [3.63, 3.8) is 0 Å². The summed E-state index contributed by atoms with van der Waals surface area (Å²) in [6.45, 7) is 2.84. The molecule has 2 aromatic rings. The summed E-state index contributed by atoms with van der Waals surface area (Å²) in [6.07, 6.45) is 3.78. The van der Waals surface area contributed by atoms with Crippen molar-refractivity contribution in [3.05, 3.63) is 47.3 Å². The van der Waals surface area contributed by atoms with E-state index >= 15 is 0 Å². The first-order valence-electron chi connectivity index (χ1n) is 8.14. The van der Waals surface area contributed by atoms with Crippen LogP contribution in [0.15, 0.2) is 34.9 Å². The number of benzene rings is 1. The fourth-order valence-electron chi connectivity index (χ4n) is 3.14. The van der Waals surface area contributed by atoms with Gasteiger partial charge in [-0.1, -0.05) is 24.2 Å². The number of hydrogen-bond donors (Lipinski definition) is 0. The second-order valence-electron chi connectivity index (χ2n) is 5.82. The number of likely N-dealkylation sites (tertiary alicyclic amines) is 1. The number of aryl methyl sites for hydroxylation is 1. The molecule has 0 saturated carbocycles. The first-order chi connectivity index (χ1) is 11.2. The van der Waals surface area contributed by atoms with Crippen molar-refractivity contribution < 1.29 is 14.1 Å². The monoisotopic (exact) mass is 314 g/mol. The first kappa shape index (κ1) is 15.6. The zero-order valence-corrected chi connectivity index (χ0v) is 13.6. The number of amides is 1. The summed E-state index contributed by atoms with van der Waals surface area (Å²) >= 11 is 0. The maximum absolute atomic E-state index is 12.9. The summed E-state index contributed by atoms with van der Waals surface area (Å²) in [7, 11) is 1.59. The Hall–Kier alpha value is -2.30. The van der Waals surface area contributed by atoms with E-state index < -0.39 is 0 Å². The maximum Gasteiger partial charge on any atom is 0.258 e. The highest BCUT2D eigenvalue weighted by atomic mass is 16.5. The summed E-state index contributed by atoms with van der Waals surface area (Å²) in [4.78, 5) is 14.8. The molecule has 1 fully saturated rings. The Morgan fingerprint density at radius 1 is 1.43 bits per heavy atom. The van der Waals surface area contributed by atoms with E-state index in [1.54, 1.807) is 7.11 Å². The van der Waals surface area contributed by atoms with Crippen molar-refractivity contribution in [2.24, 2.45) is 0 Å². The zero-order chi connectivity index (χ0) is 16.2. The molecular weight excluding hydrogens is 292 g/mol. The molecule has 23 heavy (non-hydrogen) atoms. The highest BCUT2D eigenvalue weighted by Gasteiger charge is 2.33. The molecule has 1 atom stereocenters. The molecule has 1 aliphatic heterocycles. The predicted molar refractivity (Wildman–Crippen MR) is 86.5 cm³/mol. The molecule has 1 saturated heterocycles. The Morgan fingerprint density at radius 2 is 2.26 bits per heavy atom. The van der Waals surface area contributed by atoms with Gasteiger partial charge in [0.2, 0.25) is 0 Å². The van der Waals surface area contributed by atoms with Gasteiger partial charge in [-0.05, 0) is 31.4 Å².